The van der Waals surface area contributed by atoms with Gasteiger partial charge in [0.1, 0.15) is 12.4 Å². The molecular formula is C13H16O3. The number of carboxylic acids is 1. The molecule has 0 aliphatic carbocycles. The quantitative estimate of drug-likeness (QED) is 0.776. The van der Waals surface area contributed by atoms with Crippen molar-refractivity contribution in [2.75, 3.05) is 6.61 Å². The largest absolute Gasteiger partial charge is 0.489 e. The van der Waals surface area contributed by atoms with E-state index in [0.29, 0.717) is 5.92 Å². The molecule has 0 amide bonds. The van der Waals surface area contributed by atoms with E-state index in [-0.39, 0.29) is 6.61 Å². The highest BCUT2D eigenvalue weighted by Crippen LogP contribution is 2.25. The summed E-state index contributed by atoms with van der Waals surface area (Å²) in [5.74, 6) is 0.243. The lowest BCUT2D eigenvalue weighted by atomic mass is 10.0. The Hall–Kier alpha value is -1.77. The number of hydrogen-bond acceptors (Lipinski definition) is 2. The molecule has 0 spiro atoms. The summed E-state index contributed by atoms with van der Waals surface area (Å²) in [5, 5.41) is 8.41. The Morgan fingerprint density at radius 2 is 2.12 bits per heavy atom. The Bertz CT molecular complexity index is 381. The number of benzene rings is 1. The summed E-state index contributed by atoms with van der Waals surface area (Å²) in [5.41, 5.74) is 1.13. The van der Waals surface area contributed by atoms with Gasteiger partial charge in [0, 0.05) is 6.08 Å². The molecular weight excluding hydrogens is 204 g/mol. The number of ether oxygens (including phenoxy) is 1. The predicted molar refractivity (Wildman–Crippen MR) is 62.8 cm³/mol. The number of rotatable bonds is 5. The third-order valence-corrected chi connectivity index (χ3v) is 2.14. The zero-order chi connectivity index (χ0) is 12.0. The summed E-state index contributed by atoms with van der Waals surface area (Å²) < 4.78 is 5.50. The van der Waals surface area contributed by atoms with E-state index in [1.165, 1.54) is 6.08 Å². The predicted octanol–water partition coefficient (Wildman–Crippen LogP) is 2.83. The minimum absolute atomic E-state index is 0.274. The fourth-order valence-electron chi connectivity index (χ4n) is 1.38. The second kappa shape index (κ2) is 5.95. The van der Waals surface area contributed by atoms with E-state index in [2.05, 4.69) is 13.8 Å². The Kier molecular flexibility index (Phi) is 4.58. The minimum atomic E-state index is -0.958. The van der Waals surface area contributed by atoms with Gasteiger partial charge in [-0.1, -0.05) is 32.0 Å². The summed E-state index contributed by atoms with van der Waals surface area (Å²) in [6, 6.07) is 7.78. The van der Waals surface area contributed by atoms with Crippen LogP contribution in [0.1, 0.15) is 25.3 Å². The lowest BCUT2D eigenvalue weighted by Gasteiger charge is -2.12. The van der Waals surface area contributed by atoms with Gasteiger partial charge in [-0.15, -0.1) is 0 Å². The number of aliphatic carboxylic acids is 1. The van der Waals surface area contributed by atoms with E-state index >= 15 is 0 Å². The Morgan fingerprint density at radius 1 is 1.44 bits per heavy atom. The highest BCUT2D eigenvalue weighted by molar-refractivity contribution is 5.79. The van der Waals surface area contributed by atoms with Crippen molar-refractivity contribution in [1.29, 1.82) is 0 Å². The first-order valence-corrected chi connectivity index (χ1v) is 5.22. The van der Waals surface area contributed by atoms with Crippen LogP contribution in [0.4, 0.5) is 0 Å². The molecule has 0 unspecified atom stereocenters. The average molecular weight is 220 g/mol. The van der Waals surface area contributed by atoms with E-state index in [9.17, 15) is 4.79 Å². The molecule has 1 aromatic rings. The van der Waals surface area contributed by atoms with Gasteiger partial charge >= 0.3 is 5.97 Å². The molecule has 0 radical (unpaired) electrons. The van der Waals surface area contributed by atoms with Crippen molar-refractivity contribution < 1.29 is 14.6 Å². The van der Waals surface area contributed by atoms with Gasteiger partial charge in [0.25, 0.3) is 0 Å². The maximum atomic E-state index is 10.2. The van der Waals surface area contributed by atoms with Crippen molar-refractivity contribution in [2.24, 2.45) is 0 Å². The van der Waals surface area contributed by atoms with Crippen LogP contribution in [0.5, 0.6) is 5.75 Å². The summed E-state index contributed by atoms with van der Waals surface area (Å²) in [4.78, 5) is 10.2. The summed E-state index contributed by atoms with van der Waals surface area (Å²) in [6.45, 7) is 4.46. The Morgan fingerprint density at radius 3 is 2.75 bits per heavy atom. The maximum absolute atomic E-state index is 10.2. The Labute approximate surface area is 95.4 Å². The normalized spacial score (nSPS) is 10.9. The fourth-order valence-corrected chi connectivity index (χ4v) is 1.38. The van der Waals surface area contributed by atoms with E-state index in [1.807, 2.05) is 24.3 Å². The zero-order valence-corrected chi connectivity index (χ0v) is 9.51. The van der Waals surface area contributed by atoms with Crippen LogP contribution in [0.15, 0.2) is 36.4 Å². The van der Waals surface area contributed by atoms with Crippen LogP contribution in [0.25, 0.3) is 0 Å². The van der Waals surface area contributed by atoms with Gasteiger partial charge < -0.3 is 9.84 Å². The fraction of sp³-hybridized carbons (Fsp3) is 0.308. The summed E-state index contributed by atoms with van der Waals surface area (Å²) >= 11 is 0. The van der Waals surface area contributed by atoms with Crippen LogP contribution in [-0.2, 0) is 4.79 Å². The smallest absolute Gasteiger partial charge is 0.328 e. The SMILES string of the molecule is CC(C)c1ccccc1OC/C=C/C(=O)O. The van der Waals surface area contributed by atoms with Gasteiger partial charge in [-0.2, -0.15) is 0 Å². The molecule has 0 saturated heterocycles. The van der Waals surface area contributed by atoms with Crippen LogP contribution in [0, 0.1) is 0 Å². The molecule has 1 N–H and O–H groups in total. The third kappa shape index (κ3) is 3.77. The van der Waals surface area contributed by atoms with Gasteiger partial charge in [-0.25, -0.2) is 4.79 Å². The first-order chi connectivity index (χ1) is 7.61. The second-order valence-electron chi connectivity index (χ2n) is 3.74. The molecule has 86 valence electrons. The minimum Gasteiger partial charge on any atom is -0.489 e. The maximum Gasteiger partial charge on any atom is 0.328 e. The van der Waals surface area contributed by atoms with Gasteiger partial charge in [0.15, 0.2) is 0 Å². The molecule has 1 rings (SSSR count). The third-order valence-electron chi connectivity index (χ3n) is 2.14. The summed E-state index contributed by atoms with van der Waals surface area (Å²) in [6.07, 6.45) is 2.57. The molecule has 0 aromatic heterocycles. The van der Waals surface area contributed by atoms with Crippen LogP contribution in [0.2, 0.25) is 0 Å². The van der Waals surface area contributed by atoms with Gasteiger partial charge in [-0.05, 0) is 23.6 Å². The summed E-state index contributed by atoms with van der Waals surface area (Å²) in [7, 11) is 0. The first-order valence-electron chi connectivity index (χ1n) is 5.22. The molecule has 0 fully saturated rings. The number of carboxylic acid groups (broad SMARTS) is 1. The van der Waals surface area contributed by atoms with E-state index in [4.69, 9.17) is 9.84 Å². The molecule has 0 aliphatic heterocycles. The molecule has 1 aromatic carbocycles. The standard InChI is InChI=1S/C13H16O3/c1-10(2)11-6-3-4-7-12(11)16-9-5-8-13(14)15/h3-8,10H,9H2,1-2H3,(H,14,15)/b8-5+. The van der Waals surface area contributed by atoms with Crippen molar-refractivity contribution in [3.8, 4) is 5.75 Å². The van der Waals surface area contributed by atoms with Crippen LogP contribution >= 0.6 is 0 Å². The van der Waals surface area contributed by atoms with Crippen molar-refractivity contribution in [3.63, 3.8) is 0 Å². The topological polar surface area (TPSA) is 46.5 Å². The molecule has 0 bridgehead atoms. The highest BCUT2D eigenvalue weighted by atomic mass is 16.5. The number of para-hydroxylation sites is 1. The van der Waals surface area contributed by atoms with E-state index < -0.39 is 5.97 Å². The van der Waals surface area contributed by atoms with Gasteiger partial charge in [0.2, 0.25) is 0 Å². The zero-order valence-electron chi connectivity index (χ0n) is 9.51. The van der Waals surface area contributed by atoms with Crippen LogP contribution in [0.3, 0.4) is 0 Å². The molecule has 0 atom stereocenters. The van der Waals surface area contributed by atoms with Crippen molar-refractivity contribution in [1.82, 2.24) is 0 Å². The molecule has 0 heterocycles. The van der Waals surface area contributed by atoms with Crippen molar-refractivity contribution >= 4 is 5.97 Å². The average Bonchev–Trinajstić information content (AvgIpc) is 2.24. The van der Waals surface area contributed by atoms with Gasteiger partial charge in [-0.3, -0.25) is 0 Å². The molecule has 3 heteroatoms. The highest BCUT2D eigenvalue weighted by Gasteiger charge is 2.05. The number of carbonyl (C=O) groups is 1. The monoisotopic (exact) mass is 220 g/mol. The van der Waals surface area contributed by atoms with E-state index in [1.54, 1.807) is 0 Å². The molecule has 3 nitrogen and oxygen atoms in total. The van der Waals surface area contributed by atoms with Crippen LogP contribution in [-0.4, -0.2) is 17.7 Å². The van der Waals surface area contributed by atoms with Gasteiger partial charge in [0.05, 0.1) is 0 Å². The van der Waals surface area contributed by atoms with Crippen molar-refractivity contribution in [3.05, 3.63) is 42.0 Å². The number of hydrogen-bond donors (Lipinski definition) is 1. The molecule has 0 aliphatic rings. The first kappa shape index (κ1) is 12.3. The van der Waals surface area contributed by atoms with Crippen molar-refractivity contribution in [2.45, 2.75) is 19.8 Å². The lowest BCUT2D eigenvalue weighted by Crippen LogP contribution is -1.99. The Balaban J connectivity index is 2.63. The lowest BCUT2D eigenvalue weighted by molar-refractivity contribution is -0.131. The molecule has 0 saturated carbocycles. The molecule has 16 heavy (non-hydrogen) atoms. The van der Waals surface area contributed by atoms with Crippen LogP contribution < -0.4 is 4.74 Å². The van der Waals surface area contributed by atoms with E-state index in [0.717, 1.165) is 17.4 Å². The second-order valence-corrected chi connectivity index (χ2v) is 3.74.